The summed E-state index contributed by atoms with van der Waals surface area (Å²) < 4.78 is 76.2. The van der Waals surface area contributed by atoms with Crippen molar-refractivity contribution in [2.45, 2.75) is 52.7 Å². The van der Waals surface area contributed by atoms with Crippen molar-refractivity contribution in [1.82, 2.24) is 30.2 Å². The maximum Gasteiger partial charge on any atom is 0.407 e. The topological polar surface area (TPSA) is 252 Å². The van der Waals surface area contributed by atoms with E-state index in [-0.39, 0.29) is 0 Å². The highest BCUT2D eigenvalue weighted by molar-refractivity contribution is 5.67. The number of amides is 2. The Morgan fingerprint density at radius 2 is 0.514 bits per heavy atom. The van der Waals surface area contributed by atoms with Crippen LogP contribution in [0.25, 0.3) is 0 Å². The van der Waals surface area contributed by atoms with E-state index in [1.54, 1.807) is 0 Å². The lowest BCUT2D eigenvalue weighted by Gasteiger charge is -2.34. The zero-order valence-corrected chi connectivity index (χ0v) is 46.8. The van der Waals surface area contributed by atoms with Crippen molar-refractivity contribution in [3.8, 4) is 0 Å². The van der Waals surface area contributed by atoms with Gasteiger partial charge >= 0.3 is 12.2 Å². The lowest BCUT2D eigenvalue weighted by Crippen LogP contribution is -2.48. The van der Waals surface area contributed by atoms with Crippen LogP contribution in [-0.4, -0.2) is 306 Å². The van der Waals surface area contributed by atoms with Gasteiger partial charge in [0.25, 0.3) is 0 Å². The Morgan fingerprint density at radius 3 is 0.716 bits per heavy atom. The molecule has 2 aliphatic rings. The molecule has 24 heteroatoms. The molecule has 0 unspecified atom stereocenters. The summed E-state index contributed by atoms with van der Waals surface area (Å²) in [6.07, 6.45) is -0.882. The highest BCUT2D eigenvalue weighted by atomic mass is 16.6. The fraction of sp³-hybridized carbons (Fsp3) is 0.960. The maximum absolute atomic E-state index is 11.5. The summed E-state index contributed by atoms with van der Waals surface area (Å²) >= 11 is 0. The number of nitrogens with two attached hydrogens (primary N) is 2. The maximum atomic E-state index is 11.5. The molecule has 6 N–H and O–H groups in total. The second-order valence-corrected chi connectivity index (χ2v) is 19.1. The van der Waals surface area contributed by atoms with Crippen LogP contribution < -0.4 is 22.1 Å². The Labute approximate surface area is 444 Å². The molecule has 74 heavy (non-hydrogen) atoms. The predicted molar refractivity (Wildman–Crippen MR) is 282 cm³/mol. The molecule has 0 aromatic carbocycles. The van der Waals surface area contributed by atoms with E-state index in [1.807, 2.05) is 41.5 Å². The minimum absolute atomic E-state index is 0.397. The molecule has 24 nitrogen and oxygen atoms in total. The van der Waals surface area contributed by atoms with Gasteiger partial charge in [0.2, 0.25) is 0 Å². The lowest BCUT2D eigenvalue weighted by atomic mass is 10.2. The van der Waals surface area contributed by atoms with Crippen molar-refractivity contribution < 1.29 is 75.9 Å². The largest absolute Gasteiger partial charge is 0.444 e. The van der Waals surface area contributed by atoms with E-state index in [0.29, 0.717) is 172 Å². The first kappa shape index (κ1) is 69.8. The minimum atomic E-state index is -0.504. The monoisotopic (exact) mass is 1070 g/mol. The molecule has 0 aromatic heterocycles. The Balaban J connectivity index is 0.000000795. The number of ether oxygens (including phenoxy) is 14. The third-order valence-corrected chi connectivity index (χ3v) is 10.5. The van der Waals surface area contributed by atoms with Crippen LogP contribution in [0.15, 0.2) is 0 Å². The van der Waals surface area contributed by atoms with Gasteiger partial charge in [-0.1, -0.05) is 0 Å². The molecule has 0 spiro atoms. The van der Waals surface area contributed by atoms with Crippen LogP contribution in [0, 0.1) is 0 Å². The van der Waals surface area contributed by atoms with Crippen molar-refractivity contribution in [2.24, 2.45) is 11.5 Å². The molecule has 0 atom stereocenters. The molecule has 0 aliphatic carbocycles. The van der Waals surface area contributed by atoms with E-state index < -0.39 is 23.4 Å². The van der Waals surface area contributed by atoms with Crippen LogP contribution in [0.3, 0.4) is 0 Å². The summed E-state index contributed by atoms with van der Waals surface area (Å²) in [4.78, 5) is 32.8. The van der Waals surface area contributed by atoms with Gasteiger partial charge in [0.15, 0.2) is 0 Å². The fourth-order valence-corrected chi connectivity index (χ4v) is 6.66. The van der Waals surface area contributed by atoms with Crippen molar-refractivity contribution in [3.63, 3.8) is 0 Å². The van der Waals surface area contributed by atoms with Gasteiger partial charge in [0, 0.05) is 105 Å². The van der Waals surface area contributed by atoms with Crippen LogP contribution in [-0.2, 0) is 66.3 Å². The lowest BCUT2D eigenvalue weighted by molar-refractivity contribution is 0.00223. The molecule has 0 aromatic rings. The van der Waals surface area contributed by atoms with Gasteiger partial charge in [-0.15, -0.1) is 0 Å². The van der Waals surface area contributed by atoms with E-state index in [9.17, 15) is 9.59 Å². The van der Waals surface area contributed by atoms with Gasteiger partial charge in [-0.3, -0.25) is 19.6 Å². The van der Waals surface area contributed by atoms with E-state index in [0.717, 1.165) is 91.8 Å². The first-order chi connectivity index (χ1) is 35.8. The molecule has 2 heterocycles. The summed E-state index contributed by atoms with van der Waals surface area (Å²) in [5, 5.41) is 5.30. The molecule has 440 valence electrons. The molecule has 2 aliphatic heterocycles. The van der Waals surface area contributed by atoms with Crippen LogP contribution in [0.4, 0.5) is 9.59 Å². The van der Waals surface area contributed by atoms with E-state index in [2.05, 4.69) is 30.2 Å². The van der Waals surface area contributed by atoms with Gasteiger partial charge in [0.1, 0.15) is 11.2 Å². The molecular formula is C50H104N8O16. The molecule has 2 saturated heterocycles. The Hall–Kier alpha value is -2.18. The van der Waals surface area contributed by atoms with Crippen molar-refractivity contribution in [3.05, 3.63) is 0 Å². The third kappa shape index (κ3) is 49.4. The molecule has 2 rings (SSSR count). The molecule has 0 radical (unpaired) electrons. The first-order valence-electron chi connectivity index (χ1n) is 27.0. The SMILES string of the molecule is CC(C)(C)OC(=O)NCCOCCOCCOCCN1CCN(CCOCCOCCOCCNC(=O)OC(C)(C)C)CC1.NCCOCCOCCOCCN1CCN(CCOCCOCCOCCN)CC1. The number of nitrogens with one attached hydrogen (secondary N) is 2. The average Bonchev–Trinajstić information content (AvgIpc) is 3.35. The van der Waals surface area contributed by atoms with Gasteiger partial charge in [0.05, 0.1) is 159 Å². The normalized spacial score (nSPS) is 15.2. The number of hydrogen-bond donors (Lipinski definition) is 4. The second-order valence-electron chi connectivity index (χ2n) is 19.1. The van der Waals surface area contributed by atoms with Gasteiger partial charge < -0.3 is 88.4 Å². The number of piperazine rings is 2. The van der Waals surface area contributed by atoms with E-state index in [4.69, 9.17) is 77.8 Å². The molecule has 2 amide bonds. The van der Waals surface area contributed by atoms with Crippen molar-refractivity contribution in [2.75, 3.05) is 263 Å². The van der Waals surface area contributed by atoms with Crippen molar-refractivity contribution in [1.29, 1.82) is 0 Å². The summed E-state index contributed by atoms with van der Waals surface area (Å²) in [6, 6.07) is 0. The third-order valence-electron chi connectivity index (χ3n) is 10.5. The van der Waals surface area contributed by atoms with E-state index in [1.165, 1.54) is 0 Å². The van der Waals surface area contributed by atoms with Crippen LogP contribution >= 0.6 is 0 Å². The predicted octanol–water partition coefficient (Wildman–Crippen LogP) is 0.374. The molecular weight excluding hydrogens is 969 g/mol. The molecule has 2 fully saturated rings. The highest BCUT2D eigenvalue weighted by Gasteiger charge is 2.19. The van der Waals surface area contributed by atoms with Crippen LogP contribution in [0.5, 0.6) is 0 Å². The van der Waals surface area contributed by atoms with E-state index >= 15 is 0 Å². The summed E-state index contributed by atoms with van der Waals surface area (Å²) in [6.45, 7) is 38.7. The average molecular weight is 1070 g/mol. The molecule has 0 saturated carbocycles. The highest BCUT2D eigenvalue weighted by Crippen LogP contribution is 2.07. The first-order valence-corrected chi connectivity index (χ1v) is 27.0. The Morgan fingerprint density at radius 1 is 0.324 bits per heavy atom. The number of carbonyl (C=O) groups is 2. The Kier molecular flexibility index (Phi) is 46.4. The van der Waals surface area contributed by atoms with Gasteiger partial charge in [-0.2, -0.15) is 0 Å². The van der Waals surface area contributed by atoms with Crippen molar-refractivity contribution >= 4 is 12.2 Å². The summed E-state index contributed by atoms with van der Waals surface area (Å²) in [7, 11) is 0. The van der Waals surface area contributed by atoms with Crippen LogP contribution in [0.2, 0.25) is 0 Å². The zero-order chi connectivity index (χ0) is 54.1. The number of rotatable bonds is 46. The van der Waals surface area contributed by atoms with Gasteiger partial charge in [-0.25, -0.2) is 9.59 Å². The zero-order valence-electron chi connectivity index (χ0n) is 46.8. The van der Waals surface area contributed by atoms with Gasteiger partial charge in [-0.05, 0) is 41.5 Å². The summed E-state index contributed by atoms with van der Waals surface area (Å²) in [5.41, 5.74) is 9.67. The Bertz CT molecular complexity index is 1150. The smallest absolute Gasteiger partial charge is 0.407 e. The number of alkyl carbamates (subject to hydrolysis) is 2. The molecule has 0 bridgehead atoms. The minimum Gasteiger partial charge on any atom is -0.444 e. The quantitative estimate of drug-likeness (QED) is 0.0601. The number of hydrogen-bond acceptors (Lipinski definition) is 22. The fourth-order valence-electron chi connectivity index (χ4n) is 6.66. The summed E-state index contributed by atoms with van der Waals surface area (Å²) in [5.74, 6) is 0. The van der Waals surface area contributed by atoms with Crippen LogP contribution in [0.1, 0.15) is 41.5 Å². The number of carbonyl (C=O) groups excluding carboxylic acids is 2. The second kappa shape index (κ2) is 49.1. The number of nitrogens with zero attached hydrogens (tertiary/aromatic N) is 4. The standard InChI is InChI=1S/C30H60N4O10.C20H44N4O6/c1-29(2,3)43-27(35)31-7-15-37-19-23-41-25-21-39-17-13-33-9-11-34(12-10-33)14-18-40-22-26-42-24-20-38-16-8-32-28(36)44-30(4,5)6;21-1-9-25-13-17-29-19-15-27-11-7-23-3-5-24(6-4-23)8-12-28-16-20-30-18-14-26-10-2-22/h7-26H2,1-6H3,(H,31,35)(H,32,36);1-22H2.